The van der Waals surface area contributed by atoms with Crippen molar-refractivity contribution in [3.8, 4) is 5.75 Å². The number of hydrogen-bond acceptors (Lipinski definition) is 3. The molecule has 1 aliphatic rings. The summed E-state index contributed by atoms with van der Waals surface area (Å²) in [7, 11) is 0. The number of carbonyl (C=O) groups excluding carboxylic acids is 1. The molecule has 1 aromatic heterocycles. The van der Waals surface area contributed by atoms with E-state index in [0.717, 1.165) is 24.1 Å². The zero-order valence-corrected chi connectivity index (χ0v) is 14.7. The van der Waals surface area contributed by atoms with E-state index < -0.39 is 5.41 Å². The molecular formula is C22H19FN2O2. The summed E-state index contributed by atoms with van der Waals surface area (Å²) in [5.41, 5.74) is 1.80. The maximum atomic E-state index is 13.2. The van der Waals surface area contributed by atoms with E-state index in [1.807, 2.05) is 36.4 Å². The largest absolute Gasteiger partial charge is 0.487 e. The Bertz CT molecular complexity index is 938. The first-order chi connectivity index (χ1) is 13.2. The number of ether oxygens (including phenoxy) is 1. The molecule has 0 bridgehead atoms. The lowest BCUT2D eigenvalue weighted by atomic mass is 9.95. The van der Waals surface area contributed by atoms with E-state index in [4.69, 9.17) is 4.74 Å². The Kier molecular flexibility index (Phi) is 4.59. The average Bonchev–Trinajstić information content (AvgIpc) is 3.50. The number of nitrogens with zero attached hydrogens (tertiary/aromatic N) is 1. The van der Waals surface area contributed by atoms with Gasteiger partial charge in [0, 0.05) is 18.0 Å². The summed E-state index contributed by atoms with van der Waals surface area (Å²) in [4.78, 5) is 17.0. The highest BCUT2D eigenvalue weighted by molar-refractivity contribution is 6.01. The summed E-state index contributed by atoms with van der Waals surface area (Å²) in [6.07, 6.45) is 3.25. The molecule has 1 aliphatic carbocycles. The van der Waals surface area contributed by atoms with Crippen LogP contribution in [0, 0.1) is 5.82 Å². The van der Waals surface area contributed by atoms with Gasteiger partial charge in [0.25, 0.3) is 0 Å². The number of hydrogen-bond donors (Lipinski definition) is 1. The van der Waals surface area contributed by atoms with Crippen molar-refractivity contribution in [1.82, 2.24) is 4.98 Å². The van der Waals surface area contributed by atoms with Gasteiger partial charge in [-0.15, -0.1) is 0 Å². The second-order valence-electron chi connectivity index (χ2n) is 6.68. The molecule has 0 radical (unpaired) electrons. The number of rotatable bonds is 6. The van der Waals surface area contributed by atoms with Crippen molar-refractivity contribution >= 4 is 11.6 Å². The third kappa shape index (κ3) is 3.82. The van der Waals surface area contributed by atoms with Gasteiger partial charge in [-0.2, -0.15) is 0 Å². The third-order valence-corrected chi connectivity index (χ3v) is 4.79. The first-order valence-corrected chi connectivity index (χ1v) is 8.86. The second kappa shape index (κ2) is 7.19. The van der Waals surface area contributed by atoms with Crippen molar-refractivity contribution in [2.24, 2.45) is 0 Å². The van der Waals surface area contributed by atoms with Gasteiger partial charge in [0.05, 0.1) is 11.1 Å². The van der Waals surface area contributed by atoms with Gasteiger partial charge < -0.3 is 10.1 Å². The highest BCUT2D eigenvalue weighted by Crippen LogP contribution is 2.49. The van der Waals surface area contributed by atoms with Crippen LogP contribution in [0.3, 0.4) is 0 Å². The standard InChI is InChI=1S/C22H19FN2O2/c23-17-9-7-16(8-10-17)22(11-12-22)21(26)25-18-5-3-6-20(14-18)27-15-19-4-1-2-13-24-19/h1-10,13-14H,11-12,15H2,(H,25,26). The van der Waals surface area contributed by atoms with Crippen molar-refractivity contribution < 1.29 is 13.9 Å². The zero-order chi connectivity index (χ0) is 18.7. The average molecular weight is 362 g/mol. The van der Waals surface area contributed by atoms with Gasteiger partial charge in [-0.3, -0.25) is 9.78 Å². The van der Waals surface area contributed by atoms with Gasteiger partial charge in [-0.1, -0.05) is 24.3 Å². The van der Waals surface area contributed by atoms with Crippen LogP contribution in [0.5, 0.6) is 5.75 Å². The van der Waals surface area contributed by atoms with Crippen LogP contribution < -0.4 is 10.1 Å². The number of anilines is 1. The van der Waals surface area contributed by atoms with Crippen LogP contribution in [0.15, 0.2) is 72.9 Å². The minimum absolute atomic E-state index is 0.0732. The number of nitrogens with one attached hydrogen (secondary N) is 1. The number of halogens is 1. The number of amides is 1. The van der Waals surface area contributed by atoms with Crippen molar-refractivity contribution in [1.29, 1.82) is 0 Å². The Hall–Kier alpha value is -3.21. The van der Waals surface area contributed by atoms with Crippen molar-refractivity contribution in [2.45, 2.75) is 24.9 Å². The Morgan fingerprint density at radius 3 is 2.59 bits per heavy atom. The summed E-state index contributed by atoms with van der Waals surface area (Å²) in [5, 5.41) is 2.97. The molecule has 5 heteroatoms. The van der Waals surface area contributed by atoms with E-state index in [1.54, 1.807) is 24.4 Å². The maximum Gasteiger partial charge on any atom is 0.235 e. The monoisotopic (exact) mass is 362 g/mol. The highest BCUT2D eigenvalue weighted by atomic mass is 19.1. The molecule has 0 saturated heterocycles. The Labute approximate surface area is 157 Å². The maximum absolute atomic E-state index is 13.2. The van der Waals surface area contributed by atoms with E-state index in [1.165, 1.54) is 12.1 Å². The van der Waals surface area contributed by atoms with E-state index >= 15 is 0 Å². The predicted molar refractivity (Wildman–Crippen MR) is 101 cm³/mol. The van der Waals surface area contributed by atoms with Crippen LogP contribution in [-0.4, -0.2) is 10.9 Å². The molecular weight excluding hydrogens is 343 g/mol. The van der Waals surface area contributed by atoms with Crippen LogP contribution in [0.25, 0.3) is 0 Å². The summed E-state index contributed by atoms with van der Waals surface area (Å²) in [5.74, 6) is 0.286. The SMILES string of the molecule is O=C(Nc1cccc(OCc2ccccn2)c1)C1(c2ccc(F)cc2)CC1. The molecule has 0 atom stereocenters. The summed E-state index contributed by atoms with van der Waals surface area (Å²) >= 11 is 0. The van der Waals surface area contributed by atoms with Crippen molar-refractivity contribution in [2.75, 3.05) is 5.32 Å². The van der Waals surface area contributed by atoms with Gasteiger partial charge in [0.2, 0.25) is 5.91 Å². The molecule has 2 aromatic carbocycles. The molecule has 4 nitrogen and oxygen atoms in total. The first-order valence-electron chi connectivity index (χ1n) is 8.86. The number of pyridine rings is 1. The molecule has 4 rings (SSSR count). The molecule has 0 aliphatic heterocycles. The molecule has 1 amide bonds. The first kappa shape index (κ1) is 17.2. The Morgan fingerprint density at radius 2 is 1.89 bits per heavy atom. The van der Waals surface area contributed by atoms with Crippen LogP contribution in [0.1, 0.15) is 24.1 Å². The predicted octanol–water partition coefficient (Wildman–Crippen LogP) is 4.47. The Balaban J connectivity index is 1.43. The molecule has 1 saturated carbocycles. The Morgan fingerprint density at radius 1 is 1.07 bits per heavy atom. The van der Waals surface area contributed by atoms with Gasteiger partial charge in [-0.05, 0) is 54.8 Å². The fourth-order valence-electron chi connectivity index (χ4n) is 3.10. The molecule has 136 valence electrons. The molecule has 1 N–H and O–H groups in total. The lowest BCUT2D eigenvalue weighted by molar-refractivity contribution is -0.118. The molecule has 1 fully saturated rings. The van der Waals surface area contributed by atoms with E-state index in [2.05, 4.69) is 10.3 Å². The van der Waals surface area contributed by atoms with Gasteiger partial charge in [-0.25, -0.2) is 4.39 Å². The quantitative estimate of drug-likeness (QED) is 0.704. The van der Waals surface area contributed by atoms with Crippen LogP contribution in [0.4, 0.5) is 10.1 Å². The van der Waals surface area contributed by atoms with Gasteiger partial charge in [0.15, 0.2) is 0 Å². The molecule has 0 spiro atoms. The van der Waals surface area contributed by atoms with E-state index in [-0.39, 0.29) is 11.7 Å². The minimum Gasteiger partial charge on any atom is -0.487 e. The summed E-state index contributed by atoms with van der Waals surface area (Å²) in [6, 6.07) is 19.1. The van der Waals surface area contributed by atoms with Gasteiger partial charge >= 0.3 is 0 Å². The third-order valence-electron chi connectivity index (χ3n) is 4.79. The fourth-order valence-corrected chi connectivity index (χ4v) is 3.10. The van der Waals surface area contributed by atoms with Crippen molar-refractivity contribution in [3.63, 3.8) is 0 Å². The second-order valence-corrected chi connectivity index (χ2v) is 6.68. The van der Waals surface area contributed by atoms with Crippen LogP contribution in [-0.2, 0) is 16.8 Å². The lowest BCUT2D eigenvalue weighted by Gasteiger charge is -2.16. The normalized spacial score (nSPS) is 14.4. The molecule has 1 heterocycles. The lowest BCUT2D eigenvalue weighted by Crippen LogP contribution is -2.27. The van der Waals surface area contributed by atoms with E-state index in [0.29, 0.717) is 18.0 Å². The molecule has 3 aromatic rings. The smallest absolute Gasteiger partial charge is 0.235 e. The van der Waals surface area contributed by atoms with E-state index in [9.17, 15) is 9.18 Å². The number of carbonyl (C=O) groups is 1. The molecule has 27 heavy (non-hydrogen) atoms. The number of aromatic nitrogens is 1. The summed E-state index contributed by atoms with van der Waals surface area (Å²) in [6.45, 7) is 0.359. The van der Waals surface area contributed by atoms with Gasteiger partial charge in [0.1, 0.15) is 18.2 Å². The zero-order valence-electron chi connectivity index (χ0n) is 14.7. The topological polar surface area (TPSA) is 51.2 Å². The fraction of sp³-hybridized carbons (Fsp3) is 0.182. The highest BCUT2D eigenvalue weighted by Gasteiger charge is 2.51. The number of benzene rings is 2. The van der Waals surface area contributed by atoms with Crippen LogP contribution in [0.2, 0.25) is 0 Å². The minimum atomic E-state index is -0.557. The summed E-state index contributed by atoms with van der Waals surface area (Å²) < 4.78 is 18.9. The van der Waals surface area contributed by atoms with Crippen LogP contribution >= 0.6 is 0 Å². The van der Waals surface area contributed by atoms with Crippen molar-refractivity contribution in [3.05, 3.63) is 90.0 Å². The molecule has 0 unspecified atom stereocenters.